The van der Waals surface area contributed by atoms with E-state index >= 15 is 0 Å². The van der Waals surface area contributed by atoms with Crippen LogP contribution in [0.1, 0.15) is 54.4 Å². The van der Waals surface area contributed by atoms with Gasteiger partial charge in [0.2, 0.25) is 5.91 Å². The Labute approximate surface area is 195 Å². The van der Waals surface area contributed by atoms with E-state index in [1.807, 2.05) is 12.1 Å². The van der Waals surface area contributed by atoms with E-state index in [2.05, 4.69) is 20.9 Å². The van der Waals surface area contributed by atoms with E-state index < -0.39 is 5.91 Å². The van der Waals surface area contributed by atoms with E-state index in [1.165, 1.54) is 38.5 Å². The molecule has 2 amide bonds. The van der Waals surface area contributed by atoms with Crippen molar-refractivity contribution in [3.63, 3.8) is 0 Å². The van der Waals surface area contributed by atoms with E-state index in [0.717, 1.165) is 5.56 Å². The third kappa shape index (κ3) is 10.2. The zero-order valence-electron chi connectivity index (χ0n) is 17.6. The fourth-order valence-corrected chi connectivity index (χ4v) is 3.25. The maximum absolute atomic E-state index is 11.9. The van der Waals surface area contributed by atoms with E-state index in [-0.39, 0.29) is 36.4 Å². The first-order chi connectivity index (χ1) is 14.1. The molecule has 168 valence electrons. The molecule has 9 heteroatoms. The molecule has 0 spiro atoms. The number of hydrogen-bond donors (Lipinski definition) is 4. The monoisotopic (exact) mass is 531 g/mol. The Hall–Kier alpha value is -1.88. The van der Waals surface area contributed by atoms with Crippen molar-refractivity contribution in [2.24, 2.45) is 10.7 Å². The van der Waals surface area contributed by atoms with Crippen LogP contribution < -0.4 is 21.7 Å². The van der Waals surface area contributed by atoms with Crippen LogP contribution in [0.5, 0.6) is 0 Å². The number of carbonyl (C=O) groups is 2. The van der Waals surface area contributed by atoms with Crippen LogP contribution in [0.2, 0.25) is 0 Å². The number of carbonyl (C=O) groups excluding carboxylic acids is 2. The number of nitrogens with zero attached hydrogens (tertiary/aromatic N) is 1. The standard InChI is InChI=1S/C21H33N5O3.HI/c1-23-21(24-12-13-29-18-6-4-2-3-5-7-18)26-14-16-8-10-17(11-9-16)20(28)25-15-19(22)27;/h8-11,18H,2-7,12-15H2,1H3,(H2,22,27)(H,25,28)(H2,23,24,26);1H. The van der Waals surface area contributed by atoms with Crippen molar-refractivity contribution in [1.29, 1.82) is 0 Å². The van der Waals surface area contributed by atoms with Gasteiger partial charge in [-0.25, -0.2) is 0 Å². The van der Waals surface area contributed by atoms with E-state index in [1.54, 1.807) is 19.2 Å². The molecule has 1 aromatic rings. The molecule has 0 unspecified atom stereocenters. The molecule has 0 saturated heterocycles. The lowest BCUT2D eigenvalue weighted by atomic mass is 10.1. The molecule has 0 aliphatic heterocycles. The van der Waals surface area contributed by atoms with Crippen molar-refractivity contribution in [3.05, 3.63) is 35.4 Å². The van der Waals surface area contributed by atoms with Gasteiger partial charge in [-0.3, -0.25) is 14.6 Å². The first kappa shape index (κ1) is 26.2. The summed E-state index contributed by atoms with van der Waals surface area (Å²) >= 11 is 0. The molecule has 1 fully saturated rings. The third-order valence-electron chi connectivity index (χ3n) is 4.87. The topological polar surface area (TPSA) is 118 Å². The Balaban J connectivity index is 0.00000450. The molecular weight excluding hydrogens is 497 g/mol. The minimum atomic E-state index is -0.572. The van der Waals surface area contributed by atoms with Gasteiger partial charge in [-0.2, -0.15) is 0 Å². The van der Waals surface area contributed by atoms with Gasteiger partial charge in [-0.15, -0.1) is 24.0 Å². The number of rotatable bonds is 9. The summed E-state index contributed by atoms with van der Waals surface area (Å²) in [6.45, 7) is 1.77. The molecular formula is C21H34IN5O3. The summed E-state index contributed by atoms with van der Waals surface area (Å²) in [5.41, 5.74) is 6.51. The van der Waals surface area contributed by atoms with Crippen molar-refractivity contribution in [3.8, 4) is 0 Å². The largest absolute Gasteiger partial charge is 0.376 e. The molecule has 1 aromatic carbocycles. The van der Waals surface area contributed by atoms with Crippen molar-refractivity contribution >= 4 is 41.8 Å². The minimum absolute atomic E-state index is 0. The smallest absolute Gasteiger partial charge is 0.251 e. The van der Waals surface area contributed by atoms with Crippen LogP contribution in [0.25, 0.3) is 0 Å². The van der Waals surface area contributed by atoms with Crippen LogP contribution in [0.15, 0.2) is 29.3 Å². The molecule has 1 aliphatic carbocycles. The summed E-state index contributed by atoms with van der Waals surface area (Å²) in [6, 6.07) is 7.14. The number of nitrogens with two attached hydrogens (primary N) is 1. The fraction of sp³-hybridized carbons (Fsp3) is 0.571. The number of amides is 2. The van der Waals surface area contributed by atoms with Crippen LogP contribution in [-0.4, -0.2) is 50.6 Å². The average Bonchev–Trinajstić information content (AvgIpc) is 3.00. The SMILES string of the molecule is CN=C(NCCOC1CCCCCC1)NCc1ccc(C(=O)NCC(N)=O)cc1.I. The second-order valence-corrected chi connectivity index (χ2v) is 7.18. The predicted octanol–water partition coefficient (Wildman–Crippen LogP) is 1.92. The molecule has 30 heavy (non-hydrogen) atoms. The molecule has 0 aromatic heterocycles. The number of hydrogen-bond acceptors (Lipinski definition) is 4. The Morgan fingerprint density at radius 3 is 2.33 bits per heavy atom. The normalized spacial score (nSPS) is 14.9. The summed E-state index contributed by atoms with van der Waals surface area (Å²) in [5, 5.41) is 8.97. The second-order valence-electron chi connectivity index (χ2n) is 7.18. The number of guanidine groups is 1. The van der Waals surface area contributed by atoms with Gasteiger partial charge in [0.05, 0.1) is 19.3 Å². The molecule has 2 rings (SSSR count). The molecule has 1 saturated carbocycles. The quantitative estimate of drug-likeness (QED) is 0.128. The van der Waals surface area contributed by atoms with E-state index in [0.29, 0.717) is 37.3 Å². The maximum atomic E-state index is 11.9. The number of ether oxygens (including phenoxy) is 1. The second kappa shape index (κ2) is 15.0. The molecule has 0 atom stereocenters. The van der Waals surface area contributed by atoms with Gasteiger partial charge < -0.3 is 26.4 Å². The number of benzene rings is 1. The van der Waals surface area contributed by atoms with Crippen molar-refractivity contribution < 1.29 is 14.3 Å². The van der Waals surface area contributed by atoms with Gasteiger partial charge in [-0.05, 0) is 30.5 Å². The first-order valence-corrected chi connectivity index (χ1v) is 10.3. The highest BCUT2D eigenvalue weighted by Crippen LogP contribution is 2.19. The highest BCUT2D eigenvalue weighted by molar-refractivity contribution is 14.0. The van der Waals surface area contributed by atoms with Crippen LogP contribution in [0.4, 0.5) is 0 Å². The lowest BCUT2D eigenvalue weighted by molar-refractivity contribution is -0.117. The van der Waals surface area contributed by atoms with Gasteiger partial charge >= 0.3 is 0 Å². The Morgan fingerprint density at radius 1 is 1.07 bits per heavy atom. The highest BCUT2D eigenvalue weighted by Gasteiger charge is 2.12. The molecule has 8 nitrogen and oxygen atoms in total. The Morgan fingerprint density at radius 2 is 1.73 bits per heavy atom. The number of halogens is 1. The maximum Gasteiger partial charge on any atom is 0.251 e. The molecule has 0 bridgehead atoms. The van der Waals surface area contributed by atoms with Gasteiger partial charge in [0.25, 0.3) is 5.91 Å². The number of nitrogens with one attached hydrogen (secondary N) is 3. The fourth-order valence-electron chi connectivity index (χ4n) is 3.25. The van der Waals surface area contributed by atoms with E-state index in [4.69, 9.17) is 10.5 Å². The highest BCUT2D eigenvalue weighted by atomic mass is 127. The van der Waals surface area contributed by atoms with Crippen molar-refractivity contribution in [2.75, 3.05) is 26.7 Å². The Bertz CT molecular complexity index is 674. The number of primary amides is 1. The average molecular weight is 531 g/mol. The van der Waals surface area contributed by atoms with Gasteiger partial charge in [0.1, 0.15) is 0 Å². The van der Waals surface area contributed by atoms with Crippen molar-refractivity contribution in [1.82, 2.24) is 16.0 Å². The predicted molar refractivity (Wildman–Crippen MR) is 129 cm³/mol. The summed E-state index contributed by atoms with van der Waals surface area (Å²) in [5.74, 6) is -0.190. The lowest BCUT2D eigenvalue weighted by Gasteiger charge is -2.17. The van der Waals surface area contributed by atoms with Crippen LogP contribution in [0.3, 0.4) is 0 Å². The van der Waals surface area contributed by atoms with Gasteiger partial charge in [0.15, 0.2) is 5.96 Å². The first-order valence-electron chi connectivity index (χ1n) is 10.3. The van der Waals surface area contributed by atoms with Crippen molar-refractivity contribution in [2.45, 2.75) is 51.2 Å². The van der Waals surface area contributed by atoms with Crippen LogP contribution in [-0.2, 0) is 16.1 Å². The summed E-state index contributed by atoms with van der Waals surface area (Å²) < 4.78 is 5.98. The minimum Gasteiger partial charge on any atom is -0.376 e. The molecule has 0 heterocycles. The molecule has 1 aliphatic rings. The molecule has 5 N–H and O–H groups in total. The zero-order valence-corrected chi connectivity index (χ0v) is 19.9. The molecule has 0 radical (unpaired) electrons. The summed E-state index contributed by atoms with van der Waals surface area (Å²) in [4.78, 5) is 26.8. The van der Waals surface area contributed by atoms with Gasteiger partial charge in [-0.1, -0.05) is 37.8 Å². The zero-order chi connectivity index (χ0) is 20.9. The van der Waals surface area contributed by atoms with Crippen LogP contribution in [0, 0.1) is 0 Å². The summed E-state index contributed by atoms with van der Waals surface area (Å²) in [7, 11) is 1.73. The van der Waals surface area contributed by atoms with Gasteiger partial charge in [0, 0.05) is 25.7 Å². The number of aliphatic imine (C=N–C) groups is 1. The van der Waals surface area contributed by atoms with Crippen LogP contribution >= 0.6 is 24.0 Å². The Kier molecular flexibility index (Phi) is 13.1. The summed E-state index contributed by atoms with van der Waals surface area (Å²) in [6.07, 6.45) is 7.93. The van der Waals surface area contributed by atoms with E-state index in [9.17, 15) is 9.59 Å². The third-order valence-corrected chi connectivity index (χ3v) is 4.87. The lowest BCUT2D eigenvalue weighted by Crippen LogP contribution is -2.39.